The Hall–Kier alpha value is -1.92. The Morgan fingerprint density at radius 1 is 1.31 bits per heavy atom. The zero-order valence-electron chi connectivity index (χ0n) is 7.90. The molecule has 0 saturated carbocycles. The first kappa shape index (κ1) is 10.6. The molecule has 0 saturated heterocycles. The third-order valence-corrected chi connectivity index (χ3v) is 1.98. The van der Waals surface area contributed by atoms with Crippen LogP contribution in [0, 0.1) is 0 Å². The molecule has 2 aromatic rings. The summed E-state index contributed by atoms with van der Waals surface area (Å²) >= 11 is 0. The van der Waals surface area contributed by atoms with Gasteiger partial charge in [-0.1, -0.05) is 0 Å². The summed E-state index contributed by atoms with van der Waals surface area (Å²) in [4.78, 5) is 18.7. The first-order chi connectivity index (χ1) is 7.47. The quantitative estimate of drug-likeness (QED) is 0.741. The lowest BCUT2D eigenvalue weighted by Gasteiger charge is -2.10. The maximum absolute atomic E-state index is 12.2. The minimum absolute atomic E-state index is 0.0141. The van der Waals surface area contributed by atoms with Gasteiger partial charge in [0.2, 0.25) is 0 Å². The van der Waals surface area contributed by atoms with E-state index < -0.39 is 18.3 Å². The summed E-state index contributed by atoms with van der Waals surface area (Å²) in [5, 5.41) is 0.395. The molecule has 4 nitrogen and oxygen atoms in total. The average Bonchev–Trinajstić information content (AvgIpc) is 2.21. The van der Waals surface area contributed by atoms with Crippen LogP contribution in [0.25, 0.3) is 11.0 Å². The van der Waals surface area contributed by atoms with Crippen molar-refractivity contribution in [3.63, 3.8) is 0 Å². The maximum atomic E-state index is 12.2. The number of halogens is 3. The van der Waals surface area contributed by atoms with Gasteiger partial charge in [-0.05, 0) is 6.07 Å². The fraction of sp³-hybridized carbons (Fsp3) is 0.222. The van der Waals surface area contributed by atoms with Gasteiger partial charge in [0.25, 0.3) is 5.56 Å². The van der Waals surface area contributed by atoms with Crippen molar-refractivity contribution < 1.29 is 13.2 Å². The second kappa shape index (κ2) is 3.58. The Balaban J connectivity index is 2.66. The van der Waals surface area contributed by atoms with Gasteiger partial charge in [0.05, 0.1) is 0 Å². The van der Waals surface area contributed by atoms with Crippen LogP contribution in [0.2, 0.25) is 0 Å². The minimum Gasteiger partial charge on any atom is -0.283 e. The third kappa shape index (κ3) is 2.02. The van der Waals surface area contributed by atoms with Crippen molar-refractivity contribution in [1.82, 2.24) is 14.5 Å². The monoisotopic (exact) mass is 229 g/mol. The molecule has 2 aromatic heterocycles. The van der Waals surface area contributed by atoms with E-state index in [0.29, 0.717) is 9.95 Å². The van der Waals surface area contributed by atoms with Crippen LogP contribution >= 0.6 is 0 Å². The highest BCUT2D eigenvalue weighted by Gasteiger charge is 2.29. The zero-order valence-corrected chi connectivity index (χ0v) is 7.90. The summed E-state index contributed by atoms with van der Waals surface area (Å²) < 4.78 is 37.3. The van der Waals surface area contributed by atoms with Gasteiger partial charge in [0, 0.05) is 17.6 Å². The van der Waals surface area contributed by atoms with Crippen LogP contribution < -0.4 is 5.56 Å². The topological polar surface area (TPSA) is 47.8 Å². The van der Waals surface area contributed by atoms with E-state index in [1.807, 2.05) is 0 Å². The molecule has 0 N–H and O–H groups in total. The number of aromatic nitrogens is 3. The predicted octanol–water partition coefficient (Wildman–Crippen LogP) is 1.35. The molecule has 0 spiro atoms. The Morgan fingerprint density at radius 2 is 2.06 bits per heavy atom. The summed E-state index contributed by atoms with van der Waals surface area (Å²) in [6.45, 7) is -1.35. The molecule has 84 valence electrons. The minimum atomic E-state index is -4.46. The number of nitrogens with zero attached hydrogens (tertiary/aromatic N) is 3. The normalized spacial score (nSPS) is 11.9. The Bertz CT molecular complexity index is 576. The number of rotatable bonds is 1. The molecular weight excluding hydrogens is 223 g/mol. The zero-order chi connectivity index (χ0) is 11.8. The lowest BCUT2D eigenvalue weighted by atomic mass is 10.3. The number of alkyl halides is 3. The number of hydrogen-bond donors (Lipinski definition) is 0. The fourth-order valence-electron chi connectivity index (χ4n) is 1.36. The highest BCUT2D eigenvalue weighted by atomic mass is 19.4. The SMILES string of the molecule is O=c1ccc2cncnc2n1CC(F)(F)F. The van der Waals surface area contributed by atoms with Crippen LogP contribution in [0.4, 0.5) is 13.2 Å². The van der Waals surface area contributed by atoms with Crippen LogP contribution in [-0.4, -0.2) is 20.7 Å². The first-order valence-corrected chi connectivity index (χ1v) is 4.34. The molecule has 0 aliphatic heterocycles. The molecule has 7 heteroatoms. The standard InChI is InChI=1S/C9H6F3N3O/c10-9(11,12)4-15-7(16)2-1-6-3-13-5-14-8(6)15/h1-3,5H,4H2. The summed E-state index contributed by atoms with van der Waals surface area (Å²) in [5.74, 6) is 0. The van der Waals surface area contributed by atoms with E-state index in [4.69, 9.17) is 0 Å². The predicted molar refractivity (Wildman–Crippen MR) is 49.9 cm³/mol. The molecular formula is C9H6F3N3O. The van der Waals surface area contributed by atoms with Gasteiger partial charge in [-0.2, -0.15) is 13.2 Å². The number of hydrogen-bond acceptors (Lipinski definition) is 3. The van der Waals surface area contributed by atoms with Crippen molar-refractivity contribution in [2.75, 3.05) is 0 Å². The van der Waals surface area contributed by atoms with Gasteiger partial charge in [-0.25, -0.2) is 9.97 Å². The molecule has 2 rings (SSSR count). The van der Waals surface area contributed by atoms with E-state index in [0.717, 1.165) is 12.4 Å². The number of pyridine rings is 1. The van der Waals surface area contributed by atoms with Crippen LogP contribution in [0.3, 0.4) is 0 Å². The Morgan fingerprint density at radius 3 is 2.75 bits per heavy atom. The molecule has 0 aliphatic rings. The largest absolute Gasteiger partial charge is 0.406 e. The van der Waals surface area contributed by atoms with E-state index in [-0.39, 0.29) is 5.65 Å². The first-order valence-electron chi connectivity index (χ1n) is 4.34. The molecule has 16 heavy (non-hydrogen) atoms. The van der Waals surface area contributed by atoms with Crippen LogP contribution in [0.5, 0.6) is 0 Å². The Labute approximate surface area is 87.4 Å². The molecule has 0 bridgehead atoms. The molecule has 0 radical (unpaired) electrons. The fourth-order valence-corrected chi connectivity index (χ4v) is 1.36. The molecule has 0 amide bonds. The summed E-state index contributed by atoms with van der Waals surface area (Å²) in [6.07, 6.45) is -1.99. The number of fused-ring (bicyclic) bond motifs is 1. The van der Waals surface area contributed by atoms with E-state index in [1.165, 1.54) is 12.3 Å². The van der Waals surface area contributed by atoms with Crippen LogP contribution in [0.1, 0.15) is 0 Å². The van der Waals surface area contributed by atoms with Crippen molar-refractivity contribution >= 4 is 11.0 Å². The van der Waals surface area contributed by atoms with Gasteiger partial charge in [0.1, 0.15) is 18.5 Å². The van der Waals surface area contributed by atoms with Gasteiger partial charge in [0.15, 0.2) is 0 Å². The second-order valence-corrected chi connectivity index (χ2v) is 3.17. The van der Waals surface area contributed by atoms with Gasteiger partial charge in [-0.15, -0.1) is 0 Å². The second-order valence-electron chi connectivity index (χ2n) is 3.17. The third-order valence-electron chi connectivity index (χ3n) is 1.98. The lowest BCUT2D eigenvalue weighted by Crippen LogP contribution is -2.28. The maximum Gasteiger partial charge on any atom is 0.406 e. The van der Waals surface area contributed by atoms with Crippen molar-refractivity contribution in [3.05, 3.63) is 35.0 Å². The molecule has 0 unspecified atom stereocenters. The van der Waals surface area contributed by atoms with E-state index in [9.17, 15) is 18.0 Å². The van der Waals surface area contributed by atoms with Crippen molar-refractivity contribution in [2.45, 2.75) is 12.7 Å². The molecule has 2 heterocycles. The molecule has 0 aliphatic carbocycles. The highest BCUT2D eigenvalue weighted by Crippen LogP contribution is 2.18. The highest BCUT2D eigenvalue weighted by molar-refractivity contribution is 5.73. The van der Waals surface area contributed by atoms with Crippen LogP contribution in [0.15, 0.2) is 29.5 Å². The summed E-state index contributed by atoms with van der Waals surface area (Å²) in [5.41, 5.74) is -0.747. The van der Waals surface area contributed by atoms with Crippen molar-refractivity contribution in [1.29, 1.82) is 0 Å². The lowest BCUT2D eigenvalue weighted by molar-refractivity contribution is -0.140. The molecule has 0 atom stereocenters. The van der Waals surface area contributed by atoms with E-state index in [2.05, 4.69) is 9.97 Å². The van der Waals surface area contributed by atoms with Gasteiger partial charge in [-0.3, -0.25) is 9.36 Å². The van der Waals surface area contributed by atoms with E-state index in [1.54, 1.807) is 0 Å². The smallest absolute Gasteiger partial charge is 0.283 e. The van der Waals surface area contributed by atoms with E-state index >= 15 is 0 Å². The van der Waals surface area contributed by atoms with Crippen molar-refractivity contribution in [3.8, 4) is 0 Å². The average molecular weight is 229 g/mol. The van der Waals surface area contributed by atoms with Crippen LogP contribution in [-0.2, 0) is 6.54 Å². The van der Waals surface area contributed by atoms with Gasteiger partial charge < -0.3 is 0 Å². The van der Waals surface area contributed by atoms with Crippen molar-refractivity contribution in [2.24, 2.45) is 0 Å². The molecule has 0 fully saturated rings. The Kier molecular flexibility index (Phi) is 2.37. The molecule has 0 aromatic carbocycles. The summed E-state index contributed by atoms with van der Waals surface area (Å²) in [7, 11) is 0. The summed E-state index contributed by atoms with van der Waals surface area (Å²) in [6, 6.07) is 2.46. The van der Waals surface area contributed by atoms with Gasteiger partial charge >= 0.3 is 6.18 Å².